The van der Waals surface area contributed by atoms with Crippen molar-refractivity contribution >= 4 is 40.1 Å². The summed E-state index contributed by atoms with van der Waals surface area (Å²) in [6, 6.07) is 19.1. The van der Waals surface area contributed by atoms with E-state index in [1.807, 2.05) is 24.3 Å². The number of hydrogen-bond acceptors (Lipinski definition) is 6. The molecule has 2 heterocycles. The summed E-state index contributed by atoms with van der Waals surface area (Å²) in [6.07, 6.45) is 0.332. The molecule has 3 aromatic rings. The van der Waals surface area contributed by atoms with Crippen LogP contribution in [-0.2, 0) is 9.59 Å². The summed E-state index contributed by atoms with van der Waals surface area (Å²) in [4.78, 5) is 29.4. The molecule has 2 atom stereocenters. The minimum absolute atomic E-state index is 0.0498. The van der Waals surface area contributed by atoms with Crippen LogP contribution in [0.15, 0.2) is 82.9 Å². The van der Waals surface area contributed by atoms with Gasteiger partial charge in [-0.05, 0) is 59.7 Å². The highest BCUT2D eigenvalue weighted by molar-refractivity contribution is 8.15. The Morgan fingerprint density at radius 2 is 1.81 bits per heavy atom. The first-order valence-electron chi connectivity index (χ1n) is 11.5. The number of halogens is 2. The zero-order chi connectivity index (χ0) is 25.9. The first-order chi connectivity index (χ1) is 17.9. The van der Waals surface area contributed by atoms with Gasteiger partial charge in [-0.15, -0.1) is 0 Å². The van der Waals surface area contributed by atoms with Gasteiger partial charge in [-0.2, -0.15) is 10.1 Å². The third-order valence-corrected chi connectivity index (χ3v) is 7.17. The Morgan fingerprint density at radius 1 is 1.08 bits per heavy atom. The third-order valence-electron chi connectivity index (χ3n) is 6.03. The van der Waals surface area contributed by atoms with E-state index >= 15 is 0 Å². The van der Waals surface area contributed by atoms with Crippen LogP contribution in [0.4, 0.5) is 14.5 Å². The molecule has 2 amide bonds. The Bertz CT molecular complexity index is 1390. The van der Waals surface area contributed by atoms with Gasteiger partial charge < -0.3 is 10.1 Å². The van der Waals surface area contributed by atoms with Gasteiger partial charge in [-0.25, -0.2) is 13.8 Å². The zero-order valence-electron chi connectivity index (χ0n) is 19.7. The van der Waals surface area contributed by atoms with E-state index in [0.29, 0.717) is 17.3 Å². The number of rotatable bonds is 6. The van der Waals surface area contributed by atoms with Gasteiger partial charge in [0.1, 0.15) is 22.6 Å². The molecule has 0 bridgehead atoms. The molecule has 0 unspecified atom stereocenters. The van der Waals surface area contributed by atoms with Gasteiger partial charge in [0.05, 0.1) is 24.6 Å². The lowest BCUT2D eigenvalue weighted by Gasteiger charge is -2.23. The molecule has 0 spiro atoms. The average molecular weight is 521 g/mol. The number of hydrazone groups is 1. The predicted molar refractivity (Wildman–Crippen MR) is 139 cm³/mol. The van der Waals surface area contributed by atoms with Crippen LogP contribution in [0.1, 0.15) is 30.0 Å². The fourth-order valence-corrected chi connectivity index (χ4v) is 5.19. The monoisotopic (exact) mass is 520 g/mol. The molecule has 0 fully saturated rings. The van der Waals surface area contributed by atoms with Crippen molar-refractivity contribution in [2.75, 3.05) is 12.4 Å². The standard InChI is InChI=1S/C27H22F2N4O3S/c1-36-19-12-8-16(9-13-19)22-14-23(17-6-10-18(28)11-7-17)33(32-22)27-31-26(35)24(37-27)15-25(34)30-21-5-3-2-4-20(21)29/h2-13,23-24H,14-15H2,1H3,(H,30,34)/t23-,24-/m0/s1. The second kappa shape index (κ2) is 10.5. The first-order valence-corrected chi connectivity index (χ1v) is 12.4. The van der Waals surface area contributed by atoms with Crippen molar-refractivity contribution in [1.82, 2.24) is 5.01 Å². The summed E-state index contributed by atoms with van der Waals surface area (Å²) in [5, 5.41) is 8.51. The molecule has 2 aliphatic heterocycles. The van der Waals surface area contributed by atoms with Crippen LogP contribution >= 0.6 is 11.8 Å². The molecule has 2 aliphatic rings. The number of hydrogen-bond donors (Lipinski definition) is 1. The number of ether oxygens (including phenoxy) is 1. The fraction of sp³-hybridized carbons (Fsp3) is 0.185. The number of amidine groups is 1. The number of thioether (sulfide) groups is 1. The molecule has 0 aromatic heterocycles. The molecule has 7 nitrogen and oxygen atoms in total. The summed E-state index contributed by atoms with van der Waals surface area (Å²) < 4.78 is 32.7. The molecular weight excluding hydrogens is 498 g/mol. The van der Waals surface area contributed by atoms with E-state index in [-0.39, 0.29) is 24.0 Å². The van der Waals surface area contributed by atoms with E-state index in [2.05, 4.69) is 10.3 Å². The van der Waals surface area contributed by atoms with Crippen LogP contribution < -0.4 is 10.1 Å². The van der Waals surface area contributed by atoms with Crippen LogP contribution in [0, 0.1) is 11.6 Å². The molecular formula is C27H22F2N4O3S. The number of methoxy groups -OCH3 is 1. The van der Waals surface area contributed by atoms with Gasteiger partial charge >= 0.3 is 0 Å². The summed E-state index contributed by atoms with van der Waals surface area (Å²) in [5.41, 5.74) is 2.51. The van der Waals surface area contributed by atoms with Crippen molar-refractivity contribution in [3.05, 3.63) is 95.6 Å². The number of nitrogens with zero attached hydrogens (tertiary/aromatic N) is 3. The van der Waals surface area contributed by atoms with Crippen molar-refractivity contribution < 1.29 is 23.1 Å². The Balaban J connectivity index is 1.36. The zero-order valence-corrected chi connectivity index (χ0v) is 20.5. The summed E-state index contributed by atoms with van der Waals surface area (Å²) in [5.74, 6) is -1.15. The largest absolute Gasteiger partial charge is 0.497 e. The Morgan fingerprint density at radius 3 is 2.51 bits per heavy atom. The van der Waals surface area contributed by atoms with E-state index in [1.54, 1.807) is 30.3 Å². The normalized spacial score (nSPS) is 19.0. The predicted octanol–water partition coefficient (Wildman–Crippen LogP) is 5.15. The van der Waals surface area contributed by atoms with E-state index < -0.39 is 22.9 Å². The third kappa shape index (κ3) is 5.39. The molecule has 0 radical (unpaired) electrons. The van der Waals surface area contributed by atoms with Crippen LogP contribution in [0.3, 0.4) is 0 Å². The SMILES string of the molecule is COc1ccc(C2=NN(C3=NC(=O)[C@H](CC(=O)Nc4ccccc4F)S3)[C@H](c3ccc(F)cc3)C2)cc1. The smallest absolute Gasteiger partial charge is 0.262 e. The van der Waals surface area contributed by atoms with Gasteiger partial charge in [0.25, 0.3) is 5.91 Å². The van der Waals surface area contributed by atoms with Gasteiger partial charge in [-0.3, -0.25) is 9.59 Å². The highest BCUT2D eigenvalue weighted by atomic mass is 32.2. The number of aliphatic imine (C=N–C) groups is 1. The molecule has 3 aromatic carbocycles. The van der Waals surface area contributed by atoms with Crippen molar-refractivity contribution in [1.29, 1.82) is 0 Å². The van der Waals surface area contributed by atoms with E-state index in [1.165, 1.54) is 30.3 Å². The average Bonchev–Trinajstić information content (AvgIpc) is 3.50. The van der Waals surface area contributed by atoms with Gasteiger partial charge in [0.15, 0.2) is 5.17 Å². The molecule has 1 N–H and O–H groups in total. The molecule has 10 heteroatoms. The summed E-state index contributed by atoms with van der Waals surface area (Å²) >= 11 is 1.13. The number of para-hydroxylation sites is 1. The Hall–Kier alpha value is -4.05. The summed E-state index contributed by atoms with van der Waals surface area (Å²) in [7, 11) is 1.59. The van der Waals surface area contributed by atoms with E-state index in [0.717, 1.165) is 28.6 Å². The first kappa shape index (κ1) is 24.6. The van der Waals surface area contributed by atoms with Crippen molar-refractivity contribution in [3.63, 3.8) is 0 Å². The lowest BCUT2D eigenvalue weighted by atomic mass is 9.98. The number of benzene rings is 3. The second-order valence-electron chi connectivity index (χ2n) is 8.46. The van der Waals surface area contributed by atoms with Crippen LogP contribution in [0.2, 0.25) is 0 Å². The fourth-order valence-electron chi connectivity index (χ4n) is 4.13. The number of amides is 2. The number of carbonyl (C=O) groups excluding carboxylic acids is 2. The van der Waals surface area contributed by atoms with Gasteiger partial charge in [0.2, 0.25) is 5.91 Å². The van der Waals surface area contributed by atoms with Crippen molar-refractivity contribution in [2.24, 2.45) is 10.1 Å². The summed E-state index contributed by atoms with van der Waals surface area (Å²) in [6.45, 7) is 0. The topological polar surface area (TPSA) is 83.4 Å². The van der Waals surface area contributed by atoms with Crippen LogP contribution in [0.25, 0.3) is 0 Å². The molecule has 37 heavy (non-hydrogen) atoms. The Kier molecular flexibility index (Phi) is 7.00. The lowest BCUT2D eigenvalue weighted by Crippen LogP contribution is -2.25. The van der Waals surface area contributed by atoms with Crippen LogP contribution in [-0.4, -0.2) is 40.1 Å². The van der Waals surface area contributed by atoms with Crippen LogP contribution in [0.5, 0.6) is 5.75 Å². The molecule has 0 aliphatic carbocycles. The number of nitrogens with one attached hydrogen (secondary N) is 1. The lowest BCUT2D eigenvalue weighted by molar-refractivity contribution is -0.121. The highest BCUT2D eigenvalue weighted by Gasteiger charge is 2.39. The number of carbonyl (C=O) groups is 2. The highest BCUT2D eigenvalue weighted by Crippen LogP contribution is 2.38. The number of anilines is 1. The minimum atomic E-state index is -0.768. The minimum Gasteiger partial charge on any atom is -0.497 e. The second-order valence-corrected chi connectivity index (χ2v) is 9.63. The maximum absolute atomic E-state index is 13.9. The maximum atomic E-state index is 13.9. The molecule has 0 saturated heterocycles. The maximum Gasteiger partial charge on any atom is 0.262 e. The van der Waals surface area contributed by atoms with Gasteiger partial charge in [0, 0.05) is 12.8 Å². The van der Waals surface area contributed by atoms with E-state index in [9.17, 15) is 18.4 Å². The van der Waals surface area contributed by atoms with Crippen molar-refractivity contribution in [3.8, 4) is 5.75 Å². The van der Waals surface area contributed by atoms with Crippen molar-refractivity contribution in [2.45, 2.75) is 24.1 Å². The van der Waals surface area contributed by atoms with Gasteiger partial charge in [-0.1, -0.05) is 36.0 Å². The van der Waals surface area contributed by atoms with E-state index in [4.69, 9.17) is 9.84 Å². The molecule has 0 saturated carbocycles. The molecule has 188 valence electrons. The molecule has 5 rings (SSSR count). The Labute approximate surface area is 216 Å². The quantitative estimate of drug-likeness (QED) is 0.486.